The number of carboxylic acid groups (broad SMARTS) is 1. The molecule has 0 aliphatic rings. The Morgan fingerprint density at radius 1 is 1.33 bits per heavy atom. The third-order valence-corrected chi connectivity index (χ3v) is 3.42. The molecule has 0 spiro atoms. The van der Waals surface area contributed by atoms with E-state index < -0.39 is 5.97 Å². The molecule has 0 saturated heterocycles. The van der Waals surface area contributed by atoms with Gasteiger partial charge in [0.1, 0.15) is 11.5 Å². The molecule has 0 aliphatic carbocycles. The number of rotatable bonds is 7. The van der Waals surface area contributed by atoms with E-state index in [0.717, 1.165) is 22.0 Å². The van der Waals surface area contributed by atoms with E-state index in [9.17, 15) is 4.79 Å². The van der Waals surface area contributed by atoms with Gasteiger partial charge in [0.15, 0.2) is 0 Å². The van der Waals surface area contributed by atoms with E-state index in [2.05, 4.69) is 0 Å². The van der Waals surface area contributed by atoms with Gasteiger partial charge in [0, 0.05) is 6.42 Å². The van der Waals surface area contributed by atoms with Gasteiger partial charge in [0.05, 0.1) is 19.1 Å². The molecular formula is C13H18O4S. The van der Waals surface area contributed by atoms with Gasteiger partial charge in [-0.1, -0.05) is 6.07 Å². The summed E-state index contributed by atoms with van der Waals surface area (Å²) in [5.41, 5.74) is 1.02. The van der Waals surface area contributed by atoms with E-state index >= 15 is 0 Å². The highest BCUT2D eigenvalue weighted by Crippen LogP contribution is 2.39. The lowest BCUT2D eigenvalue weighted by Gasteiger charge is -2.15. The zero-order valence-corrected chi connectivity index (χ0v) is 11.7. The van der Waals surface area contributed by atoms with Gasteiger partial charge in [-0.15, -0.1) is 11.8 Å². The van der Waals surface area contributed by atoms with Crippen LogP contribution in [0.1, 0.15) is 18.4 Å². The number of thioether (sulfide) groups is 1. The van der Waals surface area contributed by atoms with Gasteiger partial charge in [-0.3, -0.25) is 4.79 Å². The summed E-state index contributed by atoms with van der Waals surface area (Å²) >= 11 is 1.56. The molecule has 1 aromatic rings. The Hall–Kier alpha value is -1.36. The number of aryl methyl sites for hydroxylation is 1. The monoisotopic (exact) mass is 270 g/mol. The molecule has 0 aromatic heterocycles. The zero-order valence-electron chi connectivity index (χ0n) is 10.9. The molecule has 0 aliphatic heterocycles. The van der Waals surface area contributed by atoms with Crippen molar-refractivity contribution in [2.75, 3.05) is 20.5 Å². The molecule has 5 heteroatoms. The molecule has 0 atom stereocenters. The molecule has 0 unspecified atom stereocenters. The summed E-state index contributed by atoms with van der Waals surface area (Å²) in [5, 5.41) is 8.65. The average molecular weight is 270 g/mol. The second kappa shape index (κ2) is 7.16. The summed E-state index contributed by atoms with van der Waals surface area (Å²) in [4.78, 5) is 11.5. The Bertz CT molecular complexity index is 418. The van der Waals surface area contributed by atoms with Gasteiger partial charge in [0.2, 0.25) is 0 Å². The van der Waals surface area contributed by atoms with Crippen LogP contribution in [0.25, 0.3) is 0 Å². The smallest absolute Gasteiger partial charge is 0.303 e. The van der Waals surface area contributed by atoms with Crippen molar-refractivity contribution in [3.63, 3.8) is 0 Å². The van der Waals surface area contributed by atoms with Gasteiger partial charge < -0.3 is 14.6 Å². The van der Waals surface area contributed by atoms with Gasteiger partial charge in [0.25, 0.3) is 0 Å². The van der Waals surface area contributed by atoms with E-state index in [1.54, 1.807) is 26.0 Å². The number of hydrogen-bond donors (Lipinski definition) is 1. The summed E-state index contributed by atoms with van der Waals surface area (Å²) in [6, 6.07) is 3.82. The Morgan fingerprint density at radius 3 is 2.56 bits per heavy atom. The van der Waals surface area contributed by atoms with Gasteiger partial charge >= 0.3 is 5.97 Å². The normalized spacial score (nSPS) is 10.2. The first kappa shape index (κ1) is 14.7. The Kier molecular flexibility index (Phi) is 5.85. The number of ether oxygens (including phenoxy) is 2. The van der Waals surface area contributed by atoms with E-state index in [4.69, 9.17) is 14.6 Å². The van der Waals surface area contributed by atoms with E-state index in [-0.39, 0.29) is 6.42 Å². The summed E-state index contributed by atoms with van der Waals surface area (Å²) in [6.45, 7) is 0. The van der Waals surface area contributed by atoms with Crippen molar-refractivity contribution in [3.8, 4) is 11.5 Å². The third kappa shape index (κ3) is 3.57. The van der Waals surface area contributed by atoms with Crippen LogP contribution in [0.3, 0.4) is 0 Å². The Morgan fingerprint density at radius 2 is 2.06 bits per heavy atom. The molecule has 18 heavy (non-hydrogen) atoms. The molecular weight excluding hydrogens is 252 g/mol. The summed E-state index contributed by atoms with van der Waals surface area (Å²) < 4.78 is 10.7. The standard InChI is InChI=1S/C13H18O4S/c1-16-10-8-7-9(5-4-6-11(14)15)12(17-2)13(10)18-3/h7-8H,4-6H2,1-3H3,(H,14,15). The molecule has 0 saturated carbocycles. The fourth-order valence-corrected chi connectivity index (χ4v) is 2.54. The first-order valence-electron chi connectivity index (χ1n) is 5.63. The zero-order chi connectivity index (χ0) is 13.5. The van der Waals surface area contributed by atoms with Crippen molar-refractivity contribution in [2.45, 2.75) is 24.2 Å². The first-order valence-corrected chi connectivity index (χ1v) is 6.86. The van der Waals surface area contributed by atoms with Crippen LogP contribution in [0.2, 0.25) is 0 Å². The van der Waals surface area contributed by atoms with Gasteiger partial charge in [-0.25, -0.2) is 0 Å². The Balaban J connectivity index is 2.94. The molecule has 0 amide bonds. The molecule has 1 aromatic carbocycles. The quantitative estimate of drug-likeness (QED) is 0.772. The number of carboxylic acids is 1. The minimum atomic E-state index is -0.771. The first-order chi connectivity index (χ1) is 8.63. The van der Waals surface area contributed by atoms with Gasteiger partial charge in [-0.05, 0) is 30.7 Å². The SMILES string of the molecule is COc1ccc(CCCC(=O)O)c(OC)c1SC. The average Bonchev–Trinajstić information content (AvgIpc) is 2.37. The maximum absolute atomic E-state index is 10.5. The predicted octanol–water partition coefficient (Wildman–Crippen LogP) is 2.83. The highest BCUT2D eigenvalue weighted by molar-refractivity contribution is 7.98. The summed E-state index contributed by atoms with van der Waals surface area (Å²) in [6.07, 6.45) is 3.42. The molecule has 0 bridgehead atoms. The minimum Gasteiger partial charge on any atom is -0.495 e. The van der Waals surface area contributed by atoms with Crippen molar-refractivity contribution >= 4 is 17.7 Å². The fraction of sp³-hybridized carbons (Fsp3) is 0.462. The molecule has 4 nitrogen and oxygen atoms in total. The number of benzene rings is 1. The lowest BCUT2D eigenvalue weighted by Crippen LogP contribution is -2.00. The maximum atomic E-state index is 10.5. The molecule has 0 radical (unpaired) electrons. The van der Waals surface area contributed by atoms with E-state index in [1.165, 1.54) is 0 Å². The van der Waals surface area contributed by atoms with Crippen molar-refractivity contribution in [1.82, 2.24) is 0 Å². The molecule has 1 N–H and O–H groups in total. The predicted molar refractivity (Wildman–Crippen MR) is 71.9 cm³/mol. The summed E-state index contributed by atoms with van der Waals surface area (Å²) in [5.74, 6) is 0.793. The number of aliphatic carboxylic acids is 1. The Labute approximate surface area is 111 Å². The van der Waals surface area contributed by atoms with Crippen LogP contribution in [0.4, 0.5) is 0 Å². The van der Waals surface area contributed by atoms with Crippen LogP contribution in [-0.2, 0) is 11.2 Å². The van der Waals surface area contributed by atoms with Crippen molar-refractivity contribution in [3.05, 3.63) is 17.7 Å². The number of methoxy groups -OCH3 is 2. The van der Waals surface area contributed by atoms with Crippen molar-refractivity contribution in [1.29, 1.82) is 0 Å². The highest BCUT2D eigenvalue weighted by atomic mass is 32.2. The molecule has 1 rings (SSSR count). The molecule has 0 heterocycles. The lowest BCUT2D eigenvalue weighted by molar-refractivity contribution is -0.137. The van der Waals surface area contributed by atoms with Crippen LogP contribution in [0.5, 0.6) is 11.5 Å². The maximum Gasteiger partial charge on any atom is 0.303 e. The minimum absolute atomic E-state index is 0.170. The summed E-state index contributed by atoms with van der Waals surface area (Å²) in [7, 11) is 3.24. The van der Waals surface area contributed by atoms with Crippen molar-refractivity contribution in [2.24, 2.45) is 0 Å². The number of hydrogen-bond acceptors (Lipinski definition) is 4. The van der Waals surface area contributed by atoms with Crippen LogP contribution < -0.4 is 9.47 Å². The van der Waals surface area contributed by atoms with E-state index in [0.29, 0.717) is 12.8 Å². The molecule has 100 valence electrons. The number of carbonyl (C=O) groups is 1. The second-order valence-electron chi connectivity index (χ2n) is 3.74. The van der Waals surface area contributed by atoms with Gasteiger partial charge in [-0.2, -0.15) is 0 Å². The lowest BCUT2D eigenvalue weighted by atomic mass is 10.1. The van der Waals surface area contributed by atoms with Crippen molar-refractivity contribution < 1.29 is 19.4 Å². The van der Waals surface area contributed by atoms with Crippen LogP contribution in [0, 0.1) is 0 Å². The highest BCUT2D eigenvalue weighted by Gasteiger charge is 2.14. The molecule has 0 fully saturated rings. The van der Waals surface area contributed by atoms with Crippen LogP contribution in [0.15, 0.2) is 17.0 Å². The third-order valence-electron chi connectivity index (χ3n) is 2.62. The topological polar surface area (TPSA) is 55.8 Å². The largest absolute Gasteiger partial charge is 0.495 e. The second-order valence-corrected chi connectivity index (χ2v) is 4.56. The van der Waals surface area contributed by atoms with Crippen LogP contribution in [-0.4, -0.2) is 31.6 Å². The fourth-order valence-electron chi connectivity index (χ4n) is 1.79. The van der Waals surface area contributed by atoms with E-state index in [1.807, 2.05) is 18.4 Å². The van der Waals surface area contributed by atoms with Crippen LogP contribution >= 0.6 is 11.8 Å².